The van der Waals surface area contributed by atoms with Crippen molar-refractivity contribution < 1.29 is 0 Å². The van der Waals surface area contributed by atoms with Gasteiger partial charge in [-0.15, -0.1) is 0 Å². The Kier molecular flexibility index (Phi) is 4.35. The molecule has 2 rings (SSSR count). The van der Waals surface area contributed by atoms with Gasteiger partial charge in [-0.05, 0) is 46.6 Å². The first-order chi connectivity index (χ1) is 8.58. The number of anilines is 2. The lowest BCUT2D eigenvalue weighted by Crippen LogP contribution is -1.99. The van der Waals surface area contributed by atoms with Gasteiger partial charge in [-0.2, -0.15) is 0 Å². The summed E-state index contributed by atoms with van der Waals surface area (Å²) in [5.74, 6) is 1.62. The Hall–Kier alpha value is -0.940. The van der Waals surface area contributed by atoms with Gasteiger partial charge in [0.15, 0.2) is 0 Å². The molecule has 0 saturated carbocycles. The standard InChI is InChI=1S/C13H13Br2N3/c1-3-12-17-11(15)7-13(18-12)16-9-4-5-10(14)8(2)6-9/h4-7H,3H2,1-2H3,(H,16,17,18). The van der Waals surface area contributed by atoms with Crippen LogP contribution >= 0.6 is 31.9 Å². The van der Waals surface area contributed by atoms with Gasteiger partial charge >= 0.3 is 0 Å². The van der Waals surface area contributed by atoms with E-state index in [0.29, 0.717) is 0 Å². The minimum absolute atomic E-state index is 0.797. The first-order valence-corrected chi connectivity index (χ1v) is 7.23. The molecule has 0 radical (unpaired) electrons. The zero-order chi connectivity index (χ0) is 13.1. The van der Waals surface area contributed by atoms with Crippen LogP contribution in [-0.2, 0) is 6.42 Å². The SMILES string of the molecule is CCc1nc(Br)cc(Nc2ccc(Br)c(C)c2)n1. The first kappa shape index (κ1) is 13.5. The molecular weight excluding hydrogens is 358 g/mol. The van der Waals surface area contributed by atoms with Crippen LogP contribution in [0.15, 0.2) is 33.3 Å². The molecule has 5 heteroatoms. The molecule has 2 aromatic rings. The summed E-state index contributed by atoms with van der Waals surface area (Å²) in [6.07, 6.45) is 0.813. The number of halogens is 2. The normalized spacial score (nSPS) is 10.4. The van der Waals surface area contributed by atoms with Crippen LogP contribution in [0.2, 0.25) is 0 Å². The number of hydrogen-bond donors (Lipinski definition) is 1. The number of nitrogens with zero attached hydrogens (tertiary/aromatic N) is 2. The second-order valence-corrected chi connectivity index (χ2v) is 5.60. The Labute approximate surface area is 123 Å². The van der Waals surface area contributed by atoms with Crippen molar-refractivity contribution in [2.75, 3.05) is 5.32 Å². The molecule has 0 aliphatic heterocycles. The van der Waals surface area contributed by atoms with E-state index in [1.54, 1.807) is 0 Å². The van der Waals surface area contributed by atoms with Crippen molar-refractivity contribution >= 4 is 43.4 Å². The van der Waals surface area contributed by atoms with Gasteiger partial charge in [0.1, 0.15) is 16.2 Å². The molecule has 18 heavy (non-hydrogen) atoms. The van der Waals surface area contributed by atoms with E-state index in [1.165, 1.54) is 5.56 Å². The van der Waals surface area contributed by atoms with Gasteiger partial charge in [-0.25, -0.2) is 9.97 Å². The maximum absolute atomic E-state index is 4.44. The Morgan fingerprint density at radius 3 is 2.61 bits per heavy atom. The predicted molar refractivity (Wildman–Crippen MR) is 81.3 cm³/mol. The summed E-state index contributed by atoms with van der Waals surface area (Å²) in [4.78, 5) is 8.72. The van der Waals surface area contributed by atoms with Crippen LogP contribution in [0.3, 0.4) is 0 Å². The van der Waals surface area contributed by atoms with Crippen molar-refractivity contribution in [3.05, 3.63) is 44.7 Å². The molecular formula is C13H13Br2N3. The van der Waals surface area contributed by atoms with Crippen LogP contribution in [0.5, 0.6) is 0 Å². The van der Waals surface area contributed by atoms with Crippen LogP contribution in [-0.4, -0.2) is 9.97 Å². The van der Waals surface area contributed by atoms with Gasteiger partial charge in [-0.3, -0.25) is 0 Å². The van der Waals surface area contributed by atoms with Crippen molar-refractivity contribution in [3.8, 4) is 0 Å². The van der Waals surface area contributed by atoms with Gasteiger partial charge in [0.2, 0.25) is 0 Å². The molecule has 1 N–H and O–H groups in total. The van der Waals surface area contributed by atoms with Gasteiger partial charge in [0, 0.05) is 22.6 Å². The molecule has 0 bridgehead atoms. The molecule has 3 nitrogen and oxygen atoms in total. The molecule has 0 aliphatic carbocycles. The number of hydrogen-bond acceptors (Lipinski definition) is 3. The summed E-state index contributed by atoms with van der Waals surface area (Å²) in [5.41, 5.74) is 2.20. The summed E-state index contributed by atoms with van der Waals surface area (Å²) < 4.78 is 1.90. The number of aryl methyl sites for hydroxylation is 2. The maximum atomic E-state index is 4.44. The Morgan fingerprint density at radius 2 is 1.94 bits per heavy atom. The summed E-state index contributed by atoms with van der Waals surface area (Å²) in [7, 11) is 0. The van der Waals surface area contributed by atoms with Crippen molar-refractivity contribution in [3.63, 3.8) is 0 Å². The minimum Gasteiger partial charge on any atom is -0.340 e. The fourth-order valence-corrected chi connectivity index (χ4v) is 2.23. The Balaban J connectivity index is 2.27. The monoisotopic (exact) mass is 369 g/mol. The molecule has 1 aromatic carbocycles. The second kappa shape index (κ2) is 5.80. The molecule has 0 saturated heterocycles. The van der Waals surface area contributed by atoms with Crippen LogP contribution in [0.4, 0.5) is 11.5 Å². The molecule has 0 spiro atoms. The van der Waals surface area contributed by atoms with Crippen LogP contribution in [0.1, 0.15) is 18.3 Å². The largest absolute Gasteiger partial charge is 0.340 e. The van der Waals surface area contributed by atoms with Gasteiger partial charge in [-0.1, -0.05) is 22.9 Å². The van der Waals surface area contributed by atoms with E-state index in [9.17, 15) is 0 Å². The lowest BCUT2D eigenvalue weighted by Gasteiger charge is -2.08. The molecule has 0 aliphatic rings. The topological polar surface area (TPSA) is 37.8 Å². The number of rotatable bonds is 3. The Bertz CT molecular complexity index is 570. The van der Waals surface area contributed by atoms with Gasteiger partial charge in [0.05, 0.1) is 0 Å². The van der Waals surface area contributed by atoms with Crippen LogP contribution in [0, 0.1) is 6.92 Å². The van der Waals surface area contributed by atoms with Crippen molar-refractivity contribution in [1.82, 2.24) is 9.97 Å². The quantitative estimate of drug-likeness (QED) is 0.801. The average molecular weight is 371 g/mol. The third-order valence-electron chi connectivity index (χ3n) is 2.49. The molecule has 1 heterocycles. The highest BCUT2D eigenvalue weighted by atomic mass is 79.9. The Morgan fingerprint density at radius 1 is 1.17 bits per heavy atom. The highest BCUT2D eigenvalue weighted by Gasteiger charge is 2.03. The smallest absolute Gasteiger partial charge is 0.135 e. The highest BCUT2D eigenvalue weighted by molar-refractivity contribution is 9.10. The van der Waals surface area contributed by atoms with Crippen molar-refractivity contribution in [2.45, 2.75) is 20.3 Å². The third kappa shape index (κ3) is 3.29. The van der Waals surface area contributed by atoms with Crippen LogP contribution in [0.25, 0.3) is 0 Å². The summed E-state index contributed by atoms with van der Waals surface area (Å²) in [6, 6.07) is 7.98. The van der Waals surface area contributed by atoms with E-state index in [0.717, 1.165) is 32.8 Å². The lowest BCUT2D eigenvalue weighted by atomic mass is 10.2. The minimum atomic E-state index is 0.797. The van der Waals surface area contributed by atoms with E-state index < -0.39 is 0 Å². The lowest BCUT2D eigenvalue weighted by molar-refractivity contribution is 0.931. The molecule has 0 unspecified atom stereocenters. The van der Waals surface area contributed by atoms with Gasteiger partial charge in [0.25, 0.3) is 0 Å². The first-order valence-electron chi connectivity index (χ1n) is 5.65. The zero-order valence-electron chi connectivity index (χ0n) is 10.2. The van der Waals surface area contributed by atoms with Gasteiger partial charge < -0.3 is 5.32 Å². The highest BCUT2D eigenvalue weighted by Crippen LogP contribution is 2.23. The fraction of sp³-hybridized carbons (Fsp3) is 0.231. The summed E-state index contributed by atoms with van der Waals surface area (Å²) in [6.45, 7) is 4.10. The number of aromatic nitrogens is 2. The van der Waals surface area contributed by atoms with E-state index in [4.69, 9.17) is 0 Å². The maximum Gasteiger partial charge on any atom is 0.135 e. The predicted octanol–water partition coefficient (Wildman–Crippen LogP) is 4.62. The molecule has 0 fully saturated rings. The number of nitrogens with one attached hydrogen (secondary N) is 1. The van der Waals surface area contributed by atoms with E-state index >= 15 is 0 Å². The molecule has 94 valence electrons. The average Bonchev–Trinajstić information content (AvgIpc) is 2.33. The summed E-state index contributed by atoms with van der Waals surface area (Å²) >= 11 is 6.88. The molecule has 1 aromatic heterocycles. The third-order valence-corrected chi connectivity index (χ3v) is 3.78. The molecule has 0 amide bonds. The molecule has 0 atom stereocenters. The zero-order valence-corrected chi connectivity index (χ0v) is 13.3. The fourth-order valence-electron chi connectivity index (χ4n) is 1.56. The van der Waals surface area contributed by atoms with Crippen LogP contribution < -0.4 is 5.32 Å². The van der Waals surface area contributed by atoms with E-state index in [1.807, 2.05) is 25.1 Å². The van der Waals surface area contributed by atoms with Crippen molar-refractivity contribution in [1.29, 1.82) is 0 Å². The summed E-state index contributed by atoms with van der Waals surface area (Å²) in [5, 5.41) is 3.29. The van der Waals surface area contributed by atoms with E-state index in [2.05, 4.69) is 60.1 Å². The second-order valence-electron chi connectivity index (χ2n) is 3.93. The van der Waals surface area contributed by atoms with E-state index in [-0.39, 0.29) is 0 Å². The van der Waals surface area contributed by atoms with Crippen molar-refractivity contribution in [2.24, 2.45) is 0 Å². The number of benzene rings is 1.